The van der Waals surface area contributed by atoms with Crippen molar-refractivity contribution < 1.29 is 14.3 Å². The second-order valence-corrected chi connectivity index (χ2v) is 5.82. The van der Waals surface area contributed by atoms with E-state index < -0.39 is 0 Å². The number of nitrogens with one attached hydrogen (secondary N) is 2. The highest BCUT2D eigenvalue weighted by Gasteiger charge is 2.13. The first-order valence-electron chi connectivity index (χ1n) is 8.58. The van der Waals surface area contributed by atoms with Gasteiger partial charge in [-0.1, -0.05) is 31.2 Å². The van der Waals surface area contributed by atoms with Crippen molar-refractivity contribution in [3.8, 4) is 5.75 Å². The van der Waals surface area contributed by atoms with Gasteiger partial charge in [0.05, 0.1) is 17.9 Å². The third-order valence-corrected chi connectivity index (χ3v) is 3.76. The standard InChI is InChI=1S/C21H24N2O3/c1-4-14-26-17-11-8-16(9-12-17)10-13-19(24)23-18-7-5-6-15(2)20(18)21(25)22-3/h5-13H,4,14H2,1-3H3,(H,22,25)(H,23,24)/b13-10+. The van der Waals surface area contributed by atoms with Crippen LogP contribution in [-0.2, 0) is 4.79 Å². The van der Waals surface area contributed by atoms with Gasteiger partial charge < -0.3 is 15.4 Å². The molecular formula is C21H24N2O3. The molecule has 0 atom stereocenters. The first-order valence-corrected chi connectivity index (χ1v) is 8.58. The Balaban J connectivity index is 2.06. The van der Waals surface area contributed by atoms with Crippen molar-refractivity contribution in [2.75, 3.05) is 19.0 Å². The summed E-state index contributed by atoms with van der Waals surface area (Å²) in [5.41, 5.74) is 2.64. The Labute approximate surface area is 154 Å². The maximum Gasteiger partial charge on any atom is 0.253 e. The highest BCUT2D eigenvalue weighted by Crippen LogP contribution is 2.20. The SMILES string of the molecule is CCCOc1ccc(/C=C/C(=O)Nc2cccc(C)c2C(=O)NC)cc1. The fourth-order valence-corrected chi connectivity index (χ4v) is 2.44. The molecule has 0 spiro atoms. The molecule has 0 aliphatic rings. The summed E-state index contributed by atoms with van der Waals surface area (Å²) >= 11 is 0. The molecule has 2 rings (SSSR count). The molecule has 2 aromatic rings. The molecule has 5 heteroatoms. The lowest BCUT2D eigenvalue weighted by atomic mass is 10.1. The molecule has 2 N–H and O–H groups in total. The van der Waals surface area contributed by atoms with E-state index in [4.69, 9.17) is 4.74 Å². The van der Waals surface area contributed by atoms with Gasteiger partial charge in [-0.15, -0.1) is 0 Å². The number of rotatable bonds is 7. The molecule has 0 aromatic heterocycles. The molecule has 0 radical (unpaired) electrons. The molecule has 136 valence electrons. The van der Waals surface area contributed by atoms with E-state index in [0.717, 1.165) is 23.3 Å². The van der Waals surface area contributed by atoms with Crippen molar-refractivity contribution in [1.29, 1.82) is 0 Å². The number of hydrogen-bond acceptors (Lipinski definition) is 3. The maximum absolute atomic E-state index is 12.2. The lowest BCUT2D eigenvalue weighted by molar-refractivity contribution is -0.111. The molecular weight excluding hydrogens is 328 g/mol. The van der Waals surface area contributed by atoms with E-state index in [0.29, 0.717) is 17.9 Å². The van der Waals surface area contributed by atoms with Crippen LogP contribution in [0.5, 0.6) is 5.75 Å². The zero-order valence-corrected chi connectivity index (χ0v) is 15.3. The number of amides is 2. The van der Waals surface area contributed by atoms with Gasteiger partial charge in [-0.25, -0.2) is 0 Å². The van der Waals surface area contributed by atoms with Gasteiger partial charge in [0.25, 0.3) is 5.91 Å². The van der Waals surface area contributed by atoms with E-state index in [1.807, 2.05) is 37.3 Å². The Bertz CT molecular complexity index is 795. The van der Waals surface area contributed by atoms with Crippen molar-refractivity contribution in [3.63, 3.8) is 0 Å². The zero-order chi connectivity index (χ0) is 18.9. The summed E-state index contributed by atoms with van der Waals surface area (Å²) in [6, 6.07) is 12.9. The highest BCUT2D eigenvalue weighted by molar-refractivity contribution is 6.08. The second-order valence-electron chi connectivity index (χ2n) is 5.82. The maximum atomic E-state index is 12.2. The lowest BCUT2D eigenvalue weighted by Gasteiger charge is -2.11. The third kappa shape index (κ3) is 5.21. The van der Waals surface area contributed by atoms with Crippen molar-refractivity contribution in [1.82, 2.24) is 5.32 Å². The van der Waals surface area contributed by atoms with Crippen LogP contribution >= 0.6 is 0 Å². The predicted octanol–water partition coefficient (Wildman–Crippen LogP) is 3.80. The minimum Gasteiger partial charge on any atom is -0.494 e. The van der Waals surface area contributed by atoms with Crippen molar-refractivity contribution in [2.45, 2.75) is 20.3 Å². The third-order valence-electron chi connectivity index (χ3n) is 3.76. The van der Waals surface area contributed by atoms with E-state index >= 15 is 0 Å². The van der Waals surface area contributed by atoms with Gasteiger partial charge in [-0.2, -0.15) is 0 Å². The molecule has 0 saturated carbocycles. The predicted molar refractivity (Wildman–Crippen MR) is 104 cm³/mol. The molecule has 2 amide bonds. The van der Waals surface area contributed by atoms with E-state index in [1.165, 1.54) is 6.08 Å². The van der Waals surface area contributed by atoms with E-state index in [2.05, 4.69) is 17.6 Å². The average molecular weight is 352 g/mol. The van der Waals surface area contributed by atoms with Crippen LogP contribution in [-0.4, -0.2) is 25.5 Å². The Morgan fingerprint density at radius 2 is 1.85 bits per heavy atom. The first kappa shape index (κ1) is 19.2. The monoisotopic (exact) mass is 352 g/mol. The van der Waals surface area contributed by atoms with Crippen LogP contribution < -0.4 is 15.4 Å². The van der Waals surface area contributed by atoms with Crippen LogP contribution in [0.3, 0.4) is 0 Å². The zero-order valence-electron chi connectivity index (χ0n) is 15.3. The summed E-state index contributed by atoms with van der Waals surface area (Å²) in [6.45, 7) is 4.57. The van der Waals surface area contributed by atoms with Crippen LogP contribution in [0.4, 0.5) is 5.69 Å². The molecule has 0 aliphatic carbocycles. The highest BCUT2D eigenvalue weighted by atomic mass is 16.5. The summed E-state index contributed by atoms with van der Waals surface area (Å²) in [7, 11) is 1.56. The normalized spacial score (nSPS) is 10.6. The number of aryl methyl sites for hydroxylation is 1. The smallest absolute Gasteiger partial charge is 0.253 e. The summed E-state index contributed by atoms with van der Waals surface area (Å²) in [6.07, 6.45) is 4.12. The van der Waals surface area contributed by atoms with Gasteiger partial charge in [0.15, 0.2) is 0 Å². The Kier molecular flexibility index (Phi) is 6.97. The fraction of sp³-hybridized carbons (Fsp3) is 0.238. The van der Waals surface area contributed by atoms with Crippen molar-refractivity contribution in [3.05, 3.63) is 65.2 Å². The first-order chi connectivity index (χ1) is 12.5. The molecule has 26 heavy (non-hydrogen) atoms. The number of anilines is 1. The van der Waals surface area contributed by atoms with Gasteiger partial charge in [0.1, 0.15) is 5.75 Å². The summed E-state index contributed by atoms with van der Waals surface area (Å²) in [5, 5.41) is 5.36. The largest absolute Gasteiger partial charge is 0.494 e. The molecule has 0 unspecified atom stereocenters. The molecule has 0 aliphatic heterocycles. The van der Waals surface area contributed by atoms with Gasteiger partial charge >= 0.3 is 0 Å². The summed E-state index contributed by atoms with van der Waals surface area (Å²) < 4.78 is 5.53. The van der Waals surface area contributed by atoms with Gasteiger partial charge in [0.2, 0.25) is 5.91 Å². The fourth-order valence-electron chi connectivity index (χ4n) is 2.44. The molecule has 0 fully saturated rings. The molecule has 5 nitrogen and oxygen atoms in total. The van der Waals surface area contributed by atoms with Gasteiger partial charge in [-0.05, 0) is 48.7 Å². The van der Waals surface area contributed by atoms with E-state index in [1.54, 1.807) is 25.3 Å². The molecule has 0 saturated heterocycles. The number of hydrogen-bond donors (Lipinski definition) is 2. The van der Waals surface area contributed by atoms with Crippen LogP contribution in [0.15, 0.2) is 48.5 Å². The van der Waals surface area contributed by atoms with E-state index in [9.17, 15) is 9.59 Å². The van der Waals surface area contributed by atoms with Crippen LogP contribution in [0, 0.1) is 6.92 Å². The van der Waals surface area contributed by atoms with Gasteiger partial charge in [0, 0.05) is 13.1 Å². The lowest BCUT2D eigenvalue weighted by Crippen LogP contribution is -2.22. The Hall–Kier alpha value is -3.08. The Morgan fingerprint density at radius 1 is 1.12 bits per heavy atom. The van der Waals surface area contributed by atoms with Crippen molar-refractivity contribution >= 4 is 23.6 Å². The molecule has 0 heterocycles. The number of ether oxygens (including phenoxy) is 1. The van der Waals surface area contributed by atoms with Crippen LogP contribution in [0.25, 0.3) is 6.08 Å². The number of carbonyl (C=O) groups is 2. The quantitative estimate of drug-likeness (QED) is 0.745. The molecule has 0 bridgehead atoms. The van der Waals surface area contributed by atoms with Gasteiger partial charge in [-0.3, -0.25) is 9.59 Å². The topological polar surface area (TPSA) is 67.4 Å². The van der Waals surface area contributed by atoms with Crippen LogP contribution in [0.2, 0.25) is 0 Å². The average Bonchev–Trinajstić information content (AvgIpc) is 2.65. The minimum absolute atomic E-state index is 0.231. The summed E-state index contributed by atoms with van der Waals surface area (Å²) in [4.78, 5) is 24.2. The number of carbonyl (C=O) groups excluding carboxylic acids is 2. The van der Waals surface area contributed by atoms with E-state index in [-0.39, 0.29) is 11.8 Å². The summed E-state index contributed by atoms with van der Waals surface area (Å²) in [5.74, 6) is 0.278. The molecule has 2 aromatic carbocycles. The number of benzene rings is 2. The second kappa shape index (κ2) is 9.42. The van der Waals surface area contributed by atoms with Crippen molar-refractivity contribution in [2.24, 2.45) is 0 Å². The van der Waals surface area contributed by atoms with Crippen LogP contribution in [0.1, 0.15) is 34.8 Å². The minimum atomic E-state index is -0.299. The Morgan fingerprint density at radius 3 is 2.50 bits per heavy atom.